The van der Waals surface area contributed by atoms with Crippen LogP contribution in [0.4, 0.5) is 5.82 Å². The van der Waals surface area contributed by atoms with Crippen molar-refractivity contribution in [3.8, 4) is 0 Å². The SMILES string of the molecule is C[n+]1c(N)c(C(=O)NC[C@@H]2CCCO2)cc2c(=O)n3ccccc3nc21. The van der Waals surface area contributed by atoms with Crippen molar-refractivity contribution in [1.82, 2.24) is 14.7 Å². The van der Waals surface area contributed by atoms with E-state index in [1.54, 1.807) is 29.9 Å². The number of nitrogens with one attached hydrogen (secondary N) is 1. The number of hydrogen-bond acceptors (Lipinski definition) is 5. The fourth-order valence-corrected chi connectivity index (χ4v) is 3.28. The highest BCUT2D eigenvalue weighted by Crippen LogP contribution is 2.15. The van der Waals surface area contributed by atoms with Crippen molar-refractivity contribution in [2.45, 2.75) is 18.9 Å². The fraction of sp³-hybridized carbons (Fsp3) is 0.333. The molecule has 0 bridgehead atoms. The first-order valence-electron chi connectivity index (χ1n) is 8.55. The van der Waals surface area contributed by atoms with Crippen molar-refractivity contribution >= 4 is 28.4 Å². The first-order valence-corrected chi connectivity index (χ1v) is 8.55. The Morgan fingerprint density at radius 3 is 3.12 bits per heavy atom. The second-order valence-corrected chi connectivity index (χ2v) is 6.43. The van der Waals surface area contributed by atoms with Crippen LogP contribution in [0, 0.1) is 0 Å². The van der Waals surface area contributed by atoms with E-state index in [4.69, 9.17) is 10.5 Å². The summed E-state index contributed by atoms with van der Waals surface area (Å²) in [5.74, 6) is -0.0671. The predicted octanol–water partition coefficient (Wildman–Crippen LogP) is 0.163. The molecule has 1 aliphatic heterocycles. The number of carbonyl (C=O) groups excluding carboxylic acids is 1. The first-order chi connectivity index (χ1) is 12.6. The molecule has 8 heteroatoms. The maximum Gasteiger partial charge on any atom is 0.278 e. The Balaban J connectivity index is 1.79. The van der Waals surface area contributed by atoms with Crippen molar-refractivity contribution in [3.05, 3.63) is 46.4 Å². The minimum absolute atomic E-state index is 0.0330. The highest BCUT2D eigenvalue weighted by Gasteiger charge is 2.23. The van der Waals surface area contributed by atoms with Crippen LogP contribution in [0.25, 0.3) is 16.7 Å². The largest absolute Gasteiger partial charge is 0.376 e. The highest BCUT2D eigenvalue weighted by atomic mass is 16.5. The number of aryl methyl sites for hydroxylation is 1. The second-order valence-electron chi connectivity index (χ2n) is 6.43. The quantitative estimate of drug-likeness (QED) is 0.515. The van der Waals surface area contributed by atoms with E-state index in [2.05, 4.69) is 10.3 Å². The monoisotopic (exact) mass is 354 g/mol. The average Bonchev–Trinajstić information content (AvgIpc) is 3.17. The number of amides is 1. The van der Waals surface area contributed by atoms with Crippen LogP contribution in [-0.4, -0.2) is 34.5 Å². The zero-order chi connectivity index (χ0) is 18.3. The molecule has 26 heavy (non-hydrogen) atoms. The molecule has 1 atom stereocenters. The van der Waals surface area contributed by atoms with Gasteiger partial charge in [-0.2, -0.15) is 0 Å². The summed E-state index contributed by atoms with van der Waals surface area (Å²) in [7, 11) is 1.69. The third-order valence-electron chi connectivity index (χ3n) is 4.75. The molecule has 4 heterocycles. The number of fused-ring (bicyclic) bond motifs is 2. The average molecular weight is 354 g/mol. The van der Waals surface area contributed by atoms with E-state index in [1.807, 2.05) is 6.07 Å². The van der Waals surface area contributed by atoms with E-state index in [0.717, 1.165) is 19.4 Å². The molecule has 134 valence electrons. The van der Waals surface area contributed by atoms with Crippen molar-refractivity contribution in [1.29, 1.82) is 0 Å². The molecule has 0 radical (unpaired) electrons. The molecule has 0 aliphatic carbocycles. The van der Waals surface area contributed by atoms with E-state index in [0.29, 0.717) is 23.2 Å². The van der Waals surface area contributed by atoms with Gasteiger partial charge in [0.2, 0.25) is 11.5 Å². The van der Waals surface area contributed by atoms with E-state index < -0.39 is 0 Å². The number of nitrogen functional groups attached to an aromatic ring is 1. The van der Waals surface area contributed by atoms with E-state index in [9.17, 15) is 9.59 Å². The highest BCUT2D eigenvalue weighted by molar-refractivity contribution is 6.00. The normalized spacial score (nSPS) is 17.0. The molecular weight excluding hydrogens is 334 g/mol. The summed E-state index contributed by atoms with van der Waals surface area (Å²) in [4.78, 5) is 29.9. The summed E-state index contributed by atoms with van der Waals surface area (Å²) in [5.41, 5.74) is 7.13. The molecule has 0 aromatic carbocycles. The van der Waals surface area contributed by atoms with Gasteiger partial charge in [0.25, 0.3) is 17.1 Å². The summed E-state index contributed by atoms with van der Waals surface area (Å²) >= 11 is 0. The molecule has 1 amide bonds. The number of rotatable bonds is 3. The Kier molecular flexibility index (Phi) is 4.04. The summed E-state index contributed by atoms with van der Waals surface area (Å²) in [6.45, 7) is 1.15. The third-order valence-corrected chi connectivity index (χ3v) is 4.75. The standard InChI is InChI=1S/C18H19N5O3/c1-22-15(19)12(17(24)20-10-11-5-4-8-26-11)9-13-16(22)21-14-6-2-3-7-23(14)18(13)25/h2-3,6-7,9,11,19H,4-5,8,10H2,1H3,(H,20,24)/p+1/t11-/m0/s1. The van der Waals surface area contributed by atoms with Crippen LogP contribution in [0.3, 0.4) is 0 Å². The van der Waals surface area contributed by atoms with Gasteiger partial charge in [-0.15, -0.1) is 0 Å². The van der Waals surface area contributed by atoms with E-state index in [1.165, 1.54) is 10.5 Å². The number of nitrogens with two attached hydrogens (primary N) is 1. The minimum atomic E-state index is -0.326. The Bertz CT molecular complexity index is 1070. The molecule has 3 aromatic heterocycles. The van der Waals surface area contributed by atoms with Gasteiger partial charge in [0.1, 0.15) is 10.9 Å². The summed E-state index contributed by atoms with van der Waals surface area (Å²) in [6.07, 6.45) is 3.62. The topological polar surface area (TPSA) is 103 Å². The predicted molar refractivity (Wildman–Crippen MR) is 95.9 cm³/mol. The smallest absolute Gasteiger partial charge is 0.278 e. The summed E-state index contributed by atoms with van der Waals surface area (Å²) in [6, 6.07) is 6.84. The molecule has 0 spiro atoms. The molecule has 0 saturated carbocycles. The van der Waals surface area contributed by atoms with Crippen molar-refractivity contribution in [2.75, 3.05) is 18.9 Å². The van der Waals surface area contributed by atoms with Gasteiger partial charge in [-0.05, 0) is 31.0 Å². The van der Waals surface area contributed by atoms with Gasteiger partial charge in [0, 0.05) is 19.3 Å². The molecule has 4 rings (SSSR count). The lowest BCUT2D eigenvalue weighted by Gasteiger charge is -2.12. The van der Waals surface area contributed by atoms with E-state index >= 15 is 0 Å². The number of nitrogens with zero attached hydrogens (tertiary/aromatic N) is 3. The number of ether oxygens (including phenoxy) is 1. The lowest BCUT2D eigenvalue weighted by Crippen LogP contribution is -2.40. The number of pyridine rings is 2. The number of carbonyl (C=O) groups is 1. The zero-order valence-electron chi connectivity index (χ0n) is 14.4. The molecular formula is C18H20N5O3+. The molecule has 1 saturated heterocycles. The lowest BCUT2D eigenvalue weighted by atomic mass is 10.1. The van der Waals surface area contributed by atoms with Crippen LogP contribution in [0.15, 0.2) is 35.3 Å². The van der Waals surface area contributed by atoms with Crippen LogP contribution in [-0.2, 0) is 11.8 Å². The minimum Gasteiger partial charge on any atom is -0.376 e. The third kappa shape index (κ3) is 2.68. The number of aromatic nitrogens is 3. The van der Waals surface area contributed by atoms with E-state index in [-0.39, 0.29) is 29.0 Å². The van der Waals surface area contributed by atoms with Crippen molar-refractivity contribution in [3.63, 3.8) is 0 Å². The molecule has 0 unspecified atom stereocenters. The maximum absolute atomic E-state index is 12.8. The maximum atomic E-state index is 12.8. The first kappa shape index (κ1) is 16.5. The van der Waals surface area contributed by atoms with Crippen LogP contribution < -0.4 is 21.2 Å². The lowest BCUT2D eigenvalue weighted by molar-refractivity contribution is -0.632. The van der Waals surface area contributed by atoms with Crippen molar-refractivity contribution < 1.29 is 14.1 Å². The summed E-state index contributed by atoms with van der Waals surface area (Å²) in [5, 5.41) is 3.18. The van der Waals surface area contributed by atoms with Crippen LogP contribution in [0.2, 0.25) is 0 Å². The van der Waals surface area contributed by atoms with Crippen molar-refractivity contribution in [2.24, 2.45) is 7.05 Å². The second kappa shape index (κ2) is 6.38. The molecule has 1 fully saturated rings. The van der Waals surface area contributed by atoms with Gasteiger partial charge in [-0.3, -0.25) is 14.0 Å². The molecule has 8 nitrogen and oxygen atoms in total. The van der Waals surface area contributed by atoms with Gasteiger partial charge >= 0.3 is 0 Å². The molecule has 3 aromatic rings. The molecule has 1 aliphatic rings. The Morgan fingerprint density at radius 1 is 1.50 bits per heavy atom. The Labute approximate surface area is 149 Å². The van der Waals surface area contributed by atoms with Crippen LogP contribution in [0.1, 0.15) is 23.2 Å². The van der Waals surface area contributed by atoms with Gasteiger partial charge < -0.3 is 15.8 Å². The number of anilines is 1. The van der Waals surface area contributed by atoms with Crippen LogP contribution in [0.5, 0.6) is 0 Å². The zero-order valence-corrected chi connectivity index (χ0v) is 14.4. The van der Waals surface area contributed by atoms with Crippen LogP contribution >= 0.6 is 0 Å². The Morgan fingerprint density at radius 2 is 2.35 bits per heavy atom. The number of hydrogen-bond donors (Lipinski definition) is 2. The van der Waals surface area contributed by atoms with Gasteiger partial charge in [0.15, 0.2) is 0 Å². The Hall–Kier alpha value is -3.00. The fourth-order valence-electron chi connectivity index (χ4n) is 3.28. The van der Waals surface area contributed by atoms with Gasteiger partial charge in [0.05, 0.1) is 13.2 Å². The molecule has 3 N–H and O–H groups in total. The van der Waals surface area contributed by atoms with Gasteiger partial charge in [-0.25, -0.2) is 4.57 Å². The summed E-state index contributed by atoms with van der Waals surface area (Å²) < 4.78 is 8.54. The van der Waals surface area contributed by atoms with Gasteiger partial charge in [-0.1, -0.05) is 11.1 Å².